The van der Waals surface area contributed by atoms with Crippen LogP contribution in [0.1, 0.15) is 46.5 Å². The van der Waals surface area contributed by atoms with Gasteiger partial charge in [0, 0.05) is 26.8 Å². The second kappa shape index (κ2) is 6.34. The van der Waals surface area contributed by atoms with Gasteiger partial charge in [-0.25, -0.2) is 0 Å². The van der Waals surface area contributed by atoms with Crippen molar-refractivity contribution in [2.45, 2.75) is 58.5 Å². The zero-order chi connectivity index (χ0) is 15.6. The number of methoxy groups -OCH3 is 1. The van der Waals surface area contributed by atoms with Crippen LogP contribution >= 0.6 is 0 Å². The number of fused-ring (bicyclic) bond motifs is 1. The van der Waals surface area contributed by atoms with E-state index in [-0.39, 0.29) is 29.3 Å². The molecular weight excluding hydrogens is 268 g/mol. The number of carbonyl (C=O) groups is 2. The van der Waals surface area contributed by atoms with Crippen molar-refractivity contribution in [2.24, 2.45) is 5.41 Å². The van der Waals surface area contributed by atoms with Gasteiger partial charge in [-0.1, -0.05) is 20.8 Å². The lowest BCUT2D eigenvalue weighted by molar-refractivity contribution is -0.161. The molecule has 0 aliphatic carbocycles. The highest BCUT2D eigenvalue weighted by Crippen LogP contribution is 2.31. The molecule has 5 nitrogen and oxygen atoms in total. The number of carbonyl (C=O) groups excluding carboxylic acids is 2. The Balaban J connectivity index is 2.15. The van der Waals surface area contributed by atoms with Crippen LogP contribution in [0.25, 0.3) is 0 Å². The molecule has 0 bridgehead atoms. The molecule has 2 rings (SSSR count). The van der Waals surface area contributed by atoms with Crippen molar-refractivity contribution in [1.82, 2.24) is 9.80 Å². The molecule has 0 aromatic rings. The molecular formula is C16H28N2O3. The Morgan fingerprint density at radius 2 is 2.00 bits per heavy atom. The number of nitrogens with zero attached hydrogens (tertiary/aromatic N) is 2. The van der Waals surface area contributed by atoms with E-state index in [4.69, 9.17) is 4.74 Å². The van der Waals surface area contributed by atoms with E-state index in [0.29, 0.717) is 19.6 Å². The Labute approximate surface area is 127 Å². The van der Waals surface area contributed by atoms with E-state index in [9.17, 15) is 9.59 Å². The highest BCUT2D eigenvalue weighted by atomic mass is 16.5. The standard InChI is InChI=1S/C16H28N2O3/c1-5-12-14(19)17-9-6-7-13(17)15(20)18(12)11-16(2,3)8-10-21-4/h12-13H,5-11H2,1-4H3. The first-order valence-electron chi connectivity index (χ1n) is 8.01. The number of amides is 2. The van der Waals surface area contributed by atoms with Crippen LogP contribution in [0.3, 0.4) is 0 Å². The molecule has 0 aromatic carbocycles. The Bertz CT molecular complexity index is 408. The third kappa shape index (κ3) is 3.23. The maximum absolute atomic E-state index is 12.8. The molecule has 0 aromatic heterocycles. The molecule has 2 amide bonds. The van der Waals surface area contributed by atoms with Gasteiger partial charge in [0.2, 0.25) is 11.8 Å². The molecule has 0 radical (unpaired) electrons. The Morgan fingerprint density at radius 1 is 1.29 bits per heavy atom. The first-order chi connectivity index (χ1) is 9.91. The monoisotopic (exact) mass is 296 g/mol. The van der Waals surface area contributed by atoms with Gasteiger partial charge in [0.05, 0.1) is 0 Å². The number of piperazine rings is 1. The lowest BCUT2D eigenvalue weighted by Crippen LogP contribution is -2.63. The second-order valence-electron chi connectivity index (χ2n) is 6.99. The lowest BCUT2D eigenvalue weighted by Gasteiger charge is -2.45. The molecule has 2 aliphatic heterocycles. The number of rotatable bonds is 6. The topological polar surface area (TPSA) is 49.9 Å². The molecule has 2 unspecified atom stereocenters. The van der Waals surface area contributed by atoms with Crippen molar-refractivity contribution in [3.05, 3.63) is 0 Å². The summed E-state index contributed by atoms with van der Waals surface area (Å²) in [7, 11) is 1.69. The van der Waals surface area contributed by atoms with Crippen LogP contribution in [0.15, 0.2) is 0 Å². The van der Waals surface area contributed by atoms with Gasteiger partial charge >= 0.3 is 0 Å². The molecule has 2 aliphatic rings. The fourth-order valence-electron chi connectivity index (χ4n) is 3.46. The van der Waals surface area contributed by atoms with Gasteiger partial charge in [-0.05, 0) is 31.1 Å². The van der Waals surface area contributed by atoms with E-state index in [1.54, 1.807) is 12.0 Å². The first-order valence-corrected chi connectivity index (χ1v) is 8.01. The zero-order valence-corrected chi connectivity index (χ0v) is 13.7. The highest BCUT2D eigenvalue weighted by molar-refractivity contribution is 5.97. The van der Waals surface area contributed by atoms with Gasteiger partial charge in [-0.2, -0.15) is 0 Å². The van der Waals surface area contributed by atoms with E-state index in [2.05, 4.69) is 13.8 Å². The van der Waals surface area contributed by atoms with Crippen molar-refractivity contribution in [3.8, 4) is 0 Å². The van der Waals surface area contributed by atoms with Crippen LogP contribution in [-0.2, 0) is 14.3 Å². The van der Waals surface area contributed by atoms with Crippen LogP contribution in [0.5, 0.6) is 0 Å². The third-order valence-electron chi connectivity index (χ3n) is 4.73. The fourth-order valence-corrected chi connectivity index (χ4v) is 3.46. The molecule has 120 valence electrons. The largest absolute Gasteiger partial charge is 0.385 e. The van der Waals surface area contributed by atoms with Crippen LogP contribution in [-0.4, -0.2) is 60.5 Å². The normalized spacial score (nSPS) is 26.5. The third-order valence-corrected chi connectivity index (χ3v) is 4.73. The summed E-state index contributed by atoms with van der Waals surface area (Å²) in [6, 6.07) is -0.493. The summed E-state index contributed by atoms with van der Waals surface area (Å²) >= 11 is 0. The molecule has 2 fully saturated rings. The predicted octanol–water partition coefficient (Wildman–Crippen LogP) is 1.66. The Hall–Kier alpha value is -1.10. The summed E-state index contributed by atoms with van der Waals surface area (Å²) in [5, 5.41) is 0. The van der Waals surface area contributed by atoms with Crippen molar-refractivity contribution in [2.75, 3.05) is 26.8 Å². The minimum absolute atomic E-state index is 0.0415. The van der Waals surface area contributed by atoms with Gasteiger partial charge in [0.1, 0.15) is 12.1 Å². The van der Waals surface area contributed by atoms with Gasteiger partial charge in [0.25, 0.3) is 0 Å². The fraction of sp³-hybridized carbons (Fsp3) is 0.875. The zero-order valence-electron chi connectivity index (χ0n) is 13.7. The molecule has 2 saturated heterocycles. The summed E-state index contributed by atoms with van der Waals surface area (Å²) < 4.78 is 5.16. The molecule has 21 heavy (non-hydrogen) atoms. The maximum atomic E-state index is 12.8. The SMILES string of the molecule is CCC1C(=O)N2CCCC2C(=O)N1CC(C)(C)CCOC. The number of hydrogen-bond acceptors (Lipinski definition) is 3. The first kappa shape index (κ1) is 16.3. The van der Waals surface area contributed by atoms with E-state index in [1.165, 1.54) is 0 Å². The molecule has 0 spiro atoms. The number of hydrogen-bond donors (Lipinski definition) is 0. The average molecular weight is 296 g/mol. The van der Waals surface area contributed by atoms with Crippen LogP contribution in [0.4, 0.5) is 0 Å². The molecule has 2 heterocycles. The highest BCUT2D eigenvalue weighted by Gasteiger charge is 2.47. The lowest BCUT2D eigenvalue weighted by atomic mass is 9.87. The van der Waals surface area contributed by atoms with Gasteiger partial charge in [-0.15, -0.1) is 0 Å². The van der Waals surface area contributed by atoms with Gasteiger partial charge < -0.3 is 14.5 Å². The van der Waals surface area contributed by atoms with Crippen molar-refractivity contribution < 1.29 is 14.3 Å². The summed E-state index contributed by atoms with van der Waals surface area (Å²) in [6.45, 7) is 8.31. The van der Waals surface area contributed by atoms with Crippen molar-refractivity contribution in [3.63, 3.8) is 0 Å². The van der Waals surface area contributed by atoms with Crippen LogP contribution < -0.4 is 0 Å². The summed E-state index contributed by atoms with van der Waals surface area (Å²) in [5.41, 5.74) is -0.0415. The van der Waals surface area contributed by atoms with E-state index in [0.717, 1.165) is 25.8 Å². The van der Waals surface area contributed by atoms with E-state index < -0.39 is 0 Å². The van der Waals surface area contributed by atoms with E-state index >= 15 is 0 Å². The minimum Gasteiger partial charge on any atom is -0.385 e. The predicted molar refractivity (Wildman–Crippen MR) is 80.8 cm³/mol. The van der Waals surface area contributed by atoms with Crippen molar-refractivity contribution in [1.29, 1.82) is 0 Å². The Kier molecular flexibility index (Phi) is 4.91. The molecule has 0 saturated carbocycles. The summed E-state index contributed by atoms with van der Waals surface area (Å²) in [6.07, 6.45) is 3.33. The van der Waals surface area contributed by atoms with Gasteiger partial charge in [-0.3, -0.25) is 9.59 Å². The molecule has 5 heteroatoms. The quantitative estimate of drug-likeness (QED) is 0.749. The maximum Gasteiger partial charge on any atom is 0.246 e. The summed E-state index contributed by atoms with van der Waals surface area (Å²) in [4.78, 5) is 29.0. The smallest absolute Gasteiger partial charge is 0.246 e. The second-order valence-corrected chi connectivity index (χ2v) is 6.99. The average Bonchev–Trinajstić information content (AvgIpc) is 2.92. The summed E-state index contributed by atoms with van der Waals surface area (Å²) in [5.74, 6) is 0.284. The Morgan fingerprint density at radius 3 is 2.62 bits per heavy atom. The molecule has 0 N–H and O–H groups in total. The van der Waals surface area contributed by atoms with E-state index in [1.807, 2.05) is 11.8 Å². The van der Waals surface area contributed by atoms with Crippen LogP contribution in [0, 0.1) is 5.41 Å². The molecule has 2 atom stereocenters. The minimum atomic E-state index is -0.284. The van der Waals surface area contributed by atoms with Gasteiger partial charge in [0.15, 0.2) is 0 Å². The van der Waals surface area contributed by atoms with Crippen LogP contribution in [0.2, 0.25) is 0 Å². The number of ether oxygens (including phenoxy) is 1. The van der Waals surface area contributed by atoms with Crippen molar-refractivity contribution >= 4 is 11.8 Å².